The molecule has 0 saturated carbocycles. The molecule has 3 N–H and O–H groups in total. The summed E-state index contributed by atoms with van der Waals surface area (Å²) in [6, 6.07) is 68.8. The van der Waals surface area contributed by atoms with E-state index in [1.165, 1.54) is 56.2 Å². The average molecular weight is 1710 g/mol. The van der Waals surface area contributed by atoms with E-state index in [4.69, 9.17) is 126 Å². The van der Waals surface area contributed by atoms with E-state index in [1.54, 1.807) is 6.07 Å². The van der Waals surface area contributed by atoms with Crippen molar-refractivity contribution in [3.8, 4) is 0 Å². The largest absolute Gasteiger partial charge is 0.411 e. The molecule has 5 aliphatic carbocycles. The number of hydrogen-bond acceptors (Lipinski definition) is 9. The van der Waals surface area contributed by atoms with Gasteiger partial charge in [0, 0.05) is 103 Å². The maximum Gasteiger partial charge on any atom is 0.331 e. The molecule has 0 aliphatic heterocycles. The van der Waals surface area contributed by atoms with Crippen molar-refractivity contribution in [2.75, 3.05) is 0 Å². The minimum absolute atomic E-state index is 0. The summed E-state index contributed by atoms with van der Waals surface area (Å²) in [5.74, 6) is -0.126. The monoisotopic (exact) mass is 1700 g/mol. The van der Waals surface area contributed by atoms with Gasteiger partial charge in [0.15, 0.2) is 0 Å². The third-order valence-electron chi connectivity index (χ3n) is 19.8. The second-order valence-corrected chi connectivity index (χ2v) is 31.2. The van der Waals surface area contributed by atoms with Crippen LogP contribution < -0.4 is 10.6 Å². The van der Waals surface area contributed by atoms with E-state index in [2.05, 4.69) is 57.4 Å². The van der Waals surface area contributed by atoms with Crippen LogP contribution in [0.4, 0.5) is 0 Å². The van der Waals surface area contributed by atoms with Crippen LogP contribution in [0.15, 0.2) is 241 Å². The predicted octanol–water partition coefficient (Wildman–Crippen LogP) is 26.2. The highest BCUT2D eigenvalue weighted by Crippen LogP contribution is 2.46. The van der Waals surface area contributed by atoms with E-state index in [0.29, 0.717) is 62.3 Å². The Bertz CT molecular complexity index is 5280. The molecule has 5 unspecified atom stereocenters. The van der Waals surface area contributed by atoms with Gasteiger partial charge in [0.05, 0.1) is 67.3 Å². The molecular weight excluding hydrogens is 1630 g/mol. The fraction of sp³-hybridized carbons (Fsp3) is 0.198. The molecule has 0 bridgehead atoms. The number of nitrogens with zero attached hydrogens (tertiary/aromatic N) is 3. The Labute approximate surface area is 708 Å². The normalized spacial score (nSPS) is 17.3. The molecule has 22 heteroatoms. The van der Waals surface area contributed by atoms with Gasteiger partial charge in [0.2, 0.25) is 23.6 Å². The number of amides is 4. The lowest BCUT2D eigenvalue weighted by Gasteiger charge is -2.30. The van der Waals surface area contributed by atoms with Crippen molar-refractivity contribution in [3.63, 3.8) is 0 Å². The Hall–Kier alpha value is -8.99. The van der Waals surface area contributed by atoms with Gasteiger partial charge in [-0.1, -0.05) is 304 Å². The Balaban J connectivity index is 0.000000150. The fourth-order valence-electron chi connectivity index (χ4n) is 14.8. The Morgan fingerprint density at radius 1 is 0.363 bits per heavy atom. The lowest BCUT2D eigenvalue weighted by molar-refractivity contribution is -0.141. The minimum atomic E-state index is -0.415. The van der Waals surface area contributed by atoms with Gasteiger partial charge in [0.1, 0.15) is 0 Å². The number of imide groups is 1. The third kappa shape index (κ3) is 21.1. The number of rotatable bonds is 9. The van der Waals surface area contributed by atoms with E-state index in [9.17, 15) is 24.0 Å². The van der Waals surface area contributed by atoms with Crippen molar-refractivity contribution in [2.45, 2.75) is 117 Å². The first kappa shape index (κ1) is 86.4. The quantitative estimate of drug-likeness (QED) is 0.0735. The van der Waals surface area contributed by atoms with Crippen LogP contribution in [0.3, 0.4) is 0 Å². The summed E-state index contributed by atoms with van der Waals surface area (Å²) in [6.07, 6.45) is 11.6. The van der Waals surface area contributed by atoms with Gasteiger partial charge >= 0.3 is 5.97 Å². The lowest BCUT2D eigenvalue weighted by Crippen LogP contribution is -2.33. The topological polar surface area (TPSA) is 167 Å². The molecule has 10 aromatic carbocycles. The van der Waals surface area contributed by atoms with Gasteiger partial charge < -0.3 is 20.7 Å². The number of hydrogen-bond donors (Lipinski definition) is 3. The van der Waals surface area contributed by atoms with Crippen molar-refractivity contribution in [1.82, 2.24) is 15.5 Å². The van der Waals surface area contributed by atoms with Crippen LogP contribution in [-0.4, -0.2) is 51.1 Å². The number of benzene rings is 10. The summed E-state index contributed by atoms with van der Waals surface area (Å²) in [5, 5.41) is 27.9. The maximum absolute atomic E-state index is 12.0. The molecule has 113 heavy (non-hydrogen) atoms. The summed E-state index contributed by atoms with van der Waals surface area (Å²) in [5.41, 5.74) is 20.3. The molecule has 580 valence electrons. The van der Waals surface area contributed by atoms with Crippen LogP contribution in [0.1, 0.15) is 200 Å². The van der Waals surface area contributed by atoms with Gasteiger partial charge in [0.25, 0.3) is 0 Å². The fourth-order valence-corrected chi connectivity index (χ4v) is 16.3. The van der Waals surface area contributed by atoms with E-state index in [0.717, 1.165) is 128 Å². The highest BCUT2D eigenvalue weighted by Gasteiger charge is 2.32. The molecule has 5 aliphatic rings. The van der Waals surface area contributed by atoms with Gasteiger partial charge in [-0.05, 0) is 161 Å². The summed E-state index contributed by atoms with van der Waals surface area (Å²) >= 11 is 60.8. The second-order valence-electron chi connectivity index (χ2n) is 27.1. The summed E-state index contributed by atoms with van der Waals surface area (Å²) in [6.45, 7) is 7.19. The van der Waals surface area contributed by atoms with Crippen molar-refractivity contribution in [1.29, 1.82) is 0 Å². The van der Waals surface area contributed by atoms with Gasteiger partial charge in [-0.2, -0.15) is 0 Å². The van der Waals surface area contributed by atoms with Crippen LogP contribution in [0.5, 0.6) is 0 Å². The lowest BCUT2D eigenvalue weighted by atomic mass is 9.78. The van der Waals surface area contributed by atoms with E-state index < -0.39 is 5.97 Å². The van der Waals surface area contributed by atoms with E-state index in [-0.39, 0.29) is 60.6 Å². The second kappa shape index (κ2) is 39.8. The number of carbonyl (C=O) groups is 5. The molecule has 10 aromatic rings. The van der Waals surface area contributed by atoms with Crippen LogP contribution in [-0.2, 0) is 28.8 Å². The number of fused-ring (bicyclic) bond motifs is 5. The molecule has 12 nitrogen and oxygen atoms in total. The molecule has 0 aromatic heterocycles. The molecule has 0 radical (unpaired) electrons. The first-order valence-electron chi connectivity index (χ1n) is 35.9. The zero-order valence-electron chi connectivity index (χ0n) is 61.3. The molecule has 0 spiro atoms. The summed E-state index contributed by atoms with van der Waals surface area (Å²) in [4.78, 5) is 63.7. The molecule has 15 rings (SSSR count). The molecule has 0 saturated heterocycles. The standard InChI is InChI=1S/C20H17Cl2NO2.C18H15Cl2NO2.2C18H15Cl2NO.C16H13Cl2NO.CH4/c1-12(24)23(13(2)25)20-10-8-15(16-5-3-4-6-17(16)20)14-7-9-18(21)19(22)11-14;1-11(22)23-21-18-9-7-13(14-4-2-3-5-15(14)18)12-6-8-16(19)17(20)10-12;2*1-11(22)21-18-9-7-13(14-4-2-3-5-15(14)18)12-6-8-16(19)17(20)10-12;17-14-7-5-10(9-15(14)18)11-6-8-16(19-20)13-4-2-1-3-12(11)13;/h3-7,9-11,15H,8H2,1-2H3;2-6,8,10,13H,7,9H2,1H3;2*2-6,8-10,13H,7H2,1H3,(H,21,22);1-5,7,9,11,20H,6,8H2;1H4/b;21-18+;;;19-16+;. The maximum atomic E-state index is 12.0. The van der Waals surface area contributed by atoms with Gasteiger partial charge in [-0.25, -0.2) is 4.79 Å². The zero-order valence-corrected chi connectivity index (χ0v) is 68.9. The van der Waals surface area contributed by atoms with Crippen LogP contribution >= 0.6 is 116 Å². The van der Waals surface area contributed by atoms with Crippen molar-refractivity contribution >= 4 is 174 Å². The number of carbonyl (C=O) groups excluding carboxylic acids is 5. The van der Waals surface area contributed by atoms with E-state index in [1.807, 2.05) is 188 Å². The average Bonchev–Trinajstić information content (AvgIpc) is 0.800. The molecule has 0 fully saturated rings. The van der Waals surface area contributed by atoms with Crippen LogP contribution in [0.25, 0.3) is 17.1 Å². The SMILES string of the molecule is C.CC(=O)N(C(C)=O)C1=CCC(c2ccc(Cl)c(Cl)c2)c2ccccc21.CC(=O)NC1=CCC(c2ccc(Cl)c(Cl)c2)c2ccccc21.CC(=O)NC1=CCC(c2ccc(Cl)c(Cl)c2)c2ccccc21.CC(=O)O/N=C1\CCC(c2ccc(Cl)c(Cl)c2)c2ccccc21.O/N=C1\CCC(c2ccc(Cl)c(Cl)c2)c2ccccc21. The summed E-state index contributed by atoms with van der Waals surface area (Å²) in [7, 11) is 0. The number of nitrogens with one attached hydrogen (secondary N) is 2. The Kier molecular flexibility index (Phi) is 30.5. The predicted molar refractivity (Wildman–Crippen MR) is 464 cm³/mol. The zero-order chi connectivity index (χ0) is 80.0. The van der Waals surface area contributed by atoms with Crippen molar-refractivity contribution in [3.05, 3.63) is 364 Å². The van der Waals surface area contributed by atoms with Crippen molar-refractivity contribution < 1.29 is 34.0 Å². The molecule has 0 heterocycles. The van der Waals surface area contributed by atoms with Crippen LogP contribution in [0.2, 0.25) is 50.2 Å². The Morgan fingerprint density at radius 2 is 0.646 bits per heavy atom. The van der Waals surface area contributed by atoms with E-state index >= 15 is 0 Å². The minimum Gasteiger partial charge on any atom is -0.411 e. The smallest absolute Gasteiger partial charge is 0.331 e. The van der Waals surface area contributed by atoms with Crippen LogP contribution in [0, 0.1) is 0 Å². The van der Waals surface area contributed by atoms with Gasteiger partial charge in [-0.3, -0.25) is 24.1 Å². The number of halogens is 10. The highest BCUT2D eigenvalue weighted by molar-refractivity contribution is 6.44. The summed E-state index contributed by atoms with van der Waals surface area (Å²) < 4.78 is 0. The highest BCUT2D eigenvalue weighted by atomic mass is 35.5. The third-order valence-corrected chi connectivity index (χ3v) is 23.5. The Morgan fingerprint density at radius 3 is 0.965 bits per heavy atom. The number of oxime groups is 2. The first-order valence-corrected chi connectivity index (χ1v) is 39.7. The molecule has 4 amide bonds. The number of allylic oxidation sites excluding steroid dienone is 3. The molecular formula is C91H79Cl10N5O7. The first-order chi connectivity index (χ1) is 53.8. The van der Waals surface area contributed by atoms with Gasteiger partial charge in [-0.15, -0.1) is 0 Å². The molecule has 5 atom stereocenters. The van der Waals surface area contributed by atoms with Crippen molar-refractivity contribution in [2.24, 2.45) is 10.3 Å².